The molecule has 2 heterocycles. The number of halogens is 1. The van der Waals surface area contributed by atoms with Crippen LogP contribution in [-0.2, 0) is 9.59 Å². The van der Waals surface area contributed by atoms with Crippen LogP contribution in [0.3, 0.4) is 0 Å². The Labute approximate surface area is 199 Å². The van der Waals surface area contributed by atoms with Crippen LogP contribution in [0.1, 0.15) is 30.0 Å². The number of hydrogen-bond donors (Lipinski definition) is 1. The maximum absolute atomic E-state index is 13.2. The molecule has 170 valence electrons. The molecule has 0 saturated carbocycles. The number of rotatable bonds is 6. The van der Waals surface area contributed by atoms with Crippen molar-refractivity contribution in [1.82, 2.24) is 0 Å². The molecule has 1 saturated heterocycles. The Bertz CT molecular complexity index is 1260. The van der Waals surface area contributed by atoms with Crippen LogP contribution in [0.15, 0.2) is 69.1 Å². The molecule has 7 nitrogen and oxygen atoms in total. The van der Waals surface area contributed by atoms with E-state index in [4.69, 9.17) is 13.9 Å². The second-order valence-corrected chi connectivity index (χ2v) is 8.25. The SMILES string of the molecule is CCOc1cccc(N2C(=O)C(=O)/C(=C(\O)c3ccc(OC)c(Br)c3)C2c2ccc(C)o2)c1. The number of ketones is 1. The van der Waals surface area contributed by atoms with Crippen molar-refractivity contribution in [2.24, 2.45) is 0 Å². The predicted octanol–water partition coefficient (Wildman–Crippen LogP) is 5.38. The summed E-state index contributed by atoms with van der Waals surface area (Å²) in [5, 5.41) is 11.2. The zero-order valence-electron chi connectivity index (χ0n) is 18.3. The summed E-state index contributed by atoms with van der Waals surface area (Å²) < 4.78 is 17.2. The summed E-state index contributed by atoms with van der Waals surface area (Å²) in [6.07, 6.45) is 0. The molecule has 1 unspecified atom stereocenters. The number of carbonyl (C=O) groups is 2. The number of furan rings is 1. The van der Waals surface area contributed by atoms with E-state index < -0.39 is 17.7 Å². The molecule has 33 heavy (non-hydrogen) atoms. The summed E-state index contributed by atoms with van der Waals surface area (Å²) in [5.41, 5.74) is 0.752. The molecule has 1 aromatic heterocycles. The van der Waals surface area contributed by atoms with Crippen LogP contribution in [0.2, 0.25) is 0 Å². The first kappa shape index (κ1) is 22.7. The maximum Gasteiger partial charge on any atom is 0.300 e. The van der Waals surface area contributed by atoms with Gasteiger partial charge >= 0.3 is 0 Å². The number of hydrogen-bond acceptors (Lipinski definition) is 6. The van der Waals surface area contributed by atoms with E-state index in [2.05, 4.69) is 15.9 Å². The number of aliphatic hydroxyl groups excluding tert-OH is 1. The molecule has 1 amide bonds. The van der Waals surface area contributed by atoms with E-state index in [-0.39, 0.29) is 11.3 Å². The molecule has 2 aromatic carbocycles. The zero-order valence-corrected chi connectivity index (χ0v) is 19.9. The van der Waals surface area contributed by atoms with Gasteiger partial charge in [-0.15, -0.1) is 0 Å². The smallest absolute Gasteiger partial charge is 0.300 e. The van der Waals surface area contributed by atoms with Crippen molar-refractivity contribution in [3.8, 4) is 11.5 Å². The quantitative estimate of drug-likeness (QED) is 0.271. The van der Waals surface area contributed by atoms with Gasteiger partial charge in [-0.3, -0.25) is 14.5 Å². The lowest BCUT2D eigenvalue weighted by atomic mass is 9.99. The fraction of sp³-hybridized carbons (Fsp3) is 0.200. The Morgan fingerprint density at radius 2 is 1.94 bits per heavy atom. The van der Waals surface area contributed by atoms with Gasteiger partial charge in [0.25, 0.3) is 11.7 Å². The zero-order chi connectivity index (χ0) is 23.7. The summed E-state index contributed by atoms with van der Waals surface area (Å²) in [6, 6.07) is 14.3. The average Bonchev–Trinajstić information content (AvgIpc) is 3.34. The summed E-state index contributed by atoms with van der Waals surface area (Å²) in [7, 11) is 1.53. The molecular formula is C25H22BrNO6. The summed E-state index contributed by atoms with van der Waals surface area (Å²) in [5.74, 6) is 0.230. The number of aliphatic hydroxyl groups is 1. The molecule has 1 aliphatic rings. The van der Waals surface area contributed by atoms with E-state index in [1.54, 1.807) is 61.5 Å². The van der Waals surface area contributed by atoms with E-state index in [9.17, 15) is 14.7 Å². The Hall–Kier alpha value is -3.52. The summed E-state index contributed by atoms with van der Waals surface area (Å²) in [4.78, 5) is 27.7. The normalized spacial score (nSPS) is 17.5. The Kier molecular flexibility index (Phi) is 6.29. The van der Waals surface area contributed by atoms with Crippen molar-refractivity contribution in [3.05, 3.63) is 81.7 Å². The number of benzene rings is 2. The van der Waals surface area contributed by atoms with Crippen molar-refractivity contribution >= 4 is 39.1 Å². The number of amides is 1. The molecule has 0 radical (unpaired) electrons. The minimum Gasteiger partial charge on any atom is -0.507 e. The largest absolute Gasteiger partial charge is 0.507 e. The van der Waals surface area contributed by atoms with Gasteiger partial charge in [-0.1, -0.05) is 6.07 Å². The van der Waals surface area contributed by atoms with Crippen LogP contribution < -0.4 is 14.4 Å². The topological polar surface area (TPSA) is 89.2 Å². The van der Waals surface area contributed by atoms with Crippen molar-refractivity contribution < 1.29 is 28.6 Å². The van der Waals surface area contributed by atoms with Gasteiger partial charge in [-0.25, -0.2) is 0 Å². The van der Waals surface area contributed by atoms with Crippen LogP contribution in [0.25, 0.3) is 5.76 Å². The van der Waals surface area contributed by atoms with Crippen LogP contribution in [0.4, 0.5) is 5.69 Å². The predicted molar refractivity (Wildman–Crippen MR) is 127 cm³/mol. The second kappa shape index (κ2) is 9.15. The molecule has 1 aliphatic heterocycles. The minimum absolute atomic E-state index is 0.0618. The van der Waals surface area contributed by atoms with E-state index >= 15 is 0 Å². The number of ether oxygens (including phenoxy) is 2. The molecule has 1 atom stereocenters. The summed E-state index contributed by atoms with van der Waals surface area (Å²) in [6.45, 7) is 4.08. The molecule has 0 spiro atoms. The number of carbonyl (C=O) groups excluding carboxylic acids is 2. The first-order valence-electron chi connectivity index (χ1n) is 10.3. The molecule has 1 N–H and O–H groups in total. The number of aryl methyl sites for hydroxylation is 1. The first-order chi connectivity index (χ1) is 15.8. The van der Waals surface area contributed by atoms with E-state index in [0.29, 0.717) is 45.3 Å². The minimum atomic E-state index is -0.948. The highest BCUT2D eigenvalue weighted by Gasteiger charge is 2.48. The van der Waals surface area contributed by atoms with Crippen LogP contribution >= 0.6 is 15.9 Å². The molecule has 3 aromatic rings. The number of nitrogens with zero attached hydrogens (tertiary/aromatic N) is 1. The Balaban J connectivity index is 1.90. The van der Waals surface area contributed by atoms with E-state index in [1.165, 1.54) is 12.0 Å². The third-order valence-electron chi connectivity index (χ3n) is 5.31. The van der Waals surface area contributed by atoms with Crippen molar-refractivity contribution in [3.63, 3.8) is 0 Å². The molecule has 1 fully saturated rings. The third-order valence-corrected chi connectivity index (χ3v) is 5.93. The van der Waals surface area contributed by atoms with E-state index in [1.807, 2.05) is 6.92 Å². The van der Waals surface area contributed by atoms with Crippen LogP contribution in [-0.4, -0.2) is 30.5 Å². The van der Waals surface area contributed by atoms with Gasteiger partial charge in [0, 0.05) is 17.3 Å². The number of anilines is 1. The van der Waals surface area contributed by atoms with Crippen LogP contribution in [0.5, 0.6) is 11.5 Å². The van der Waals surface area contributed by atoms with Crippen molar-refractivity contribution in [1.29, 1.82) is 0 Å². The Morgan fingerprint density at radius 1 is 1.15 bits per heavy atom. The maximum atomic E-state index is 13.2. The number of Topliss-reactive ketones (excluding diaryl/α,β-unsaturated/α-hetero) is 1. The fourth-order valence-electron chi connectivity index (χ4n) is 3.83. The highest BCUT2D eigenvalue weighted by atomic mass is 79.9. The lowest BCUT2D eigenvalue weighted by molar-refractivity contribution is -0.132. The van der Waals surface area contributed by atoms with Gasteiger partial charge in [-0.2, -0.15) is 0 Å². The highest BCUT2D eigenvalue weighted by molar-refractivity contribution is 9.10. The third kappa shape index (κ3) is 4.14. The van der Waals surface area contributed by atoms with Gasteiger partial charge in [0.2, 0.25) is 0 Å². The molecule has 8 heteroatoms. The number of methoxy groups -OCH3 is 1. The van der Waals surface area contributed by atoms with E-state index in [0.717, 1.165) is 0 Å². The molecule has 0 aliphatic carbocycles. The second-order valence-electron chi connectivity index (χ2n) is 7.40. The average molecular weight is 512 g/mol. The van der Waals surface area contributed by atoms with Gasteiger partial charge in [0.05, 0.1) is 23.8 Å². The standard InChI is InChI=1S/C25H22BrNO6/c1-4-32-17-7-5-6-16(13-17)27-22(20-10-8-14(2)33-20)21(24(29)25(27)30)23(28)15-9-11-19(31-3)18(26)12-15/h5-13,22,28H,4H2,1-3H3/b23-21-. The molecular weight excluding hydrogens is 490 g/mol. The van der Waals surface area contributed by atoms with Crippen LogP contribution in [0, 0.1) is 6.92 Å². The monoisotopic (exact) mass is 511 g/mol. The fourth-order valence-corrected chi connectivity index (χ4v) is 4.37. The molecule has 0 bridgehead atoms. The van der Waals surface area contributed by atoms with Gasteiger partial charge in [0.15, 0.2) is 0 Å². The Morgan fingerprint density at radius 3 is 2.58 bits per heavy atom. The summed E-state index contributed by atoms with van der Waals surface area (Å²) >= 11 is 3.39. The van der Waals surface area contributed by atoms with Gasteiger partial charge in [-0.05, 0) is 72.2 Å². The van der Waals surface area contributed by atoms with Crippen molar-refractivity contribution in [2.45, 2.75) is 19.9 Å². The van der Waals surface area contributed by atoms with Gasteiger partial charge < -0.3 is 19.0 Å². The lowest BCUT2D eigenvalue weighted by Gasteiger charge is -2.24. The lowest BCUT2D eigenvalue weighted by Crippen LogP contribution is -2.29. The highest BCUT2D eigenvalue weighted by Crippen LogP contribution is 2.43. The van der Waals surface area contributed by atoms with Crippen molar-refractivity contribution in [2.75, 3.05) is 18.6 Å². The van der Waals surface area contributed by atoms with Gasteiger partial charge in [0.1, 0.15) is 34.8 Å². The molecule has 4 rings (SSSR count). The first-order valence-corrected chi connectivity index (χ1v) is 11.1.